The van der Waals surface area contributed by atoms with Crippen LogP contribution >= 0.6 is 0 Å². The van der Waals surface area contributed by atoms with Gasteiger partial charge in [-0.2, -0.15) is 0 Å². The summed E-state index contributed by atoms with van der Waals surface area (Å²) in [6, 6.07) is 10.1. The van der Waals surface area contributed by atoms with Gasteiger partial charge in [0.25, 0.3) is 11.5 Å². The number of nitrogens with one attached hydrogen (secondary N) is 1. The van der Waals surface area contributed by atoms with E-state index in [1.54, 1.807) is 50.7 Å². The Bertz CT molecular complexity index is 980. The number of methoxy groups -OCH3 is 2. The molecule has 1 amide bonds. The first-order chi connectivity index (χ1) is 13.1. The van der Waals surface area contributed by atoms with Crippen molar-refractivity contribution in [3.63, 3.8) is 0 Å². The van der Waals surface area contributed by atoms with E-state index in [4.69, 9.17) is 9.47 Å². The lowest BCUT2D eigenvalue weighted by Gasteiger charge is -2.11. The van der Waals surface area contributed by atoms with Crippen molar-refractivity contribution in [3.8, 4) is 11.5 Å². The molecule has 27 heavy (non-hydrogen) atoms. The van der Waals surface area contributed by atoms with Gasteiger partial charge in [-0.25, -0.2) is 9.97 Å². The average molecular weight is 366 g/mol. The molecule has 1 aromatic carbocycles. The van der Waals surface area contributed by atoms with Crippen molar-refractivity contribution in [1.29, 1.82) is 0 Å². The Balaban J connectivity index is 1.87. The first kappa shape index (κ1) is 18.1. The highest BCUT2D eigenvalue weighted by Crippen LogP contribution is 2.22. The fourth-order valence-electron chi connectivity index (χ4n) is 2.52. The van der Waals surface area contributed by atoms with Crippen LogP contribution in [0.3, 0.4) is 0 Å². The Hall–Kier alpha value is -3.68. The maximum absolute atomic E-state index is 12.7. The SMILES string of the molecule is COc1cc(Cn2cccc(C(=O)Nc3ncccn3)c2=O)cc(OC)c1. The van der Waals surface area contributed by atoms with Gasteiger partial charge in [-0.05, 0) is 35.9 Å². The van der Waals surface area contributed by atoms with Gasteiger partial charge >= 0.3 is 0 Å². The van der Waals surface area contributed by atoms with Crippen molar-refractivity contribution in [2.75, 3.05) is 19.5 Å². The van der Waals surface area contributed by atoms with Crippen LogP contribution in [0.2, 0.25) is 0 Å². The summed E-state index contributed by atoms with van der Waals surface area (Å²) >= 11 is 0. The van der Waals surface area contributed by atoms with Crippen LogP contribution in [0.15, 0.2) is 59.8 Å². The number of ether oxygens (including phenoxy) is 2. The number of carbonyl (C=O) groups excluding carboxylic acids is 1. The molecule has 0 aliphatic rings. The minimum Gasteiger partial charge on any atom is -0.497 e. The molecule has 0 spiro atoms. The number of rotatable bonds is 6. The van der Waals surface area contributed by atoms with Crippen LogP contribution < -0.4 is 20.3 Å². The molecule has 8 nitrogen and oxygen atoms in total. The Morgan fingerprint density at radius 3 is 2.37 bits per heavy atom. The highest BCUT2D eigenvalue weighted by atomic mass is 16.5. The maximum atomic E-state index is 12.7. The first-order valence-electron chi connectivity index (χ1n) is 8.10. The number of carbonyl (C=O) groups is 1. The van der Waals surface area contributed by atoms with E-state index in [1.165, 1.54) is 23.0 Å². The van der Waals surface area contributed by atoms with Crippen LogP contribution in [0, 0.1) is 0 Å². The quantitative estimate of drug-likeness (QED) is 0.716. The van der Waals surface area contributed by atoms with Crippen molar-refractivity contribution in [3.05, 3.63) is 76.5 Å². The van der Waals surface area contributed by atoms with E-state index in [0.717, 1.165) is 5.56 Å². The molecular formula is C19H18N4O4. The van der Waals surface area contributed by atoms with E-state index in [1.807, 2.05) is 0 Å². The predicted molar refractivity (Wildman–Crippen MR) is 99.3 cm³/mol. The number of benzene rings is 1. The molecule has 3 rings (SSSR count). The first-order valence-corrected chi connectivity index (χ1v) is 8.10. The van der Waals surface area contributed by atoms with E-state index >= 15 is 0 Å². The summed E-state index contributed by atoms with van der Waals surface area (Å²) in [5.41, 5.74) is 0.379. The standard InChI is InChI=1S/C19H18N4O4/c1-26-14-9-13(10-15(11-14)27-2)12-23-8-3-5-16(18(23)25)17(24)22-19-20-6-4-7-21-19/h3-11H,12H2,1-2H3,(H,20,21,22,24). The summed E-state index contributed by atoms with van der Waals surface area (Å²) in [5.74, 6) is 0.804. The van der Waals surface area contributed by atoms with Crippen LogP contribution in [-0.2, 0) is 6.54 Å². The second kappa shape index (κ2) is 8.13. The molecule has 2 aromatic heterocycles. The van der Waals surface area contributed by atoms with E-state index in [9.17, 15) is 9.59 Å². The zero-order valence-electron chi connectivity index (χ0n) is 14.9. The van der Waals surface area contributed by atoms with Crippen molar-refractivity contribution in [2.24, 2.45) is 0 Å². The fraction of sp³-hybridized carbons (Fsp3) is 0.158. The molecule has 0 saturated carbocycles. The van der Waals surface area contributed by atoms with Crippen molar-refractivity contribution < 1.29 is 14.3 Å². The number of pyridine rings is 1. The molecule has 138 valence electrons. The van der Waals surface area contributed by atoms with Gasteiger partial charge in [-0.1, -0.05) is 0 Å². The van der Waals surface area contributed by atoms with Crippen molar-refractivity contribution in [1.82, 2.24) is 14.5 Å². The second-order valence-electron chi connectivity index (χ2n) is 5.60. The van der Waals surface area contributed by atoms with Gasteiger partial charge in [0, 0.05) is 24.7 Å². The van der Waals surface area contributed by atoms with Gasteiger partial charge in [0.2, 0.25) is 5.95 Å². The third kappa shape index (κ3) is 4.30. The van der Waals surface area contributed by atoms with Gasteiger partial charge in [0.15, 0.2) is 0 Å². The third-order valence-corrected chi connectivity index (χ3v) is 3.82. The lowest BCUT2D eigenvalue weighted by molar-refractivity contribution is 0.102. The molecule has 0 atom stereocenters. The van der Waals surface area contributed by atoms with E-state index < -0.39 is 11.5 Å². The molecule has 2 heterocycles. The van der Waals surface area contributed by atoms with E-state index in [-0.39, 0.29) is 18.1 Å². The van der Waals surface area contributed by atoms with Crippen LogP contribution in [0.25, 0.3) is 0 Å². The van der Waals surface area contributed by atoms with Crippen LogP contribution in [0.4, 0.5) is 5.95 Å². The molecule has 1 N–H and O–H groups in total. The highest BCUT2D eigenvalue weighted by Gasteiger charge is 2.14. The number of aromatic nitrogens is 3. The summed E-state index contributed by atoms with van der Waals surface area (Å²) in [5, 5.41) is 2.51. The van der Waals surface area contributed by atoms with Gasteiger partial charge in [0.05, 0.1) is 20.8 Å². The van der Waals surface area contributed by atoms with Gasteiger partial charge in [-0.15, -0.1) is 0 Å². The fourth-order valence-corrected chi connectivity index (χ4v) is 2.52. The molecule has 0 fully saturated rings. The maximum Gasteiger partial charge on any atom is 0.263 e. The Morgan fingerprint density at radius 2 is 1.74 bits per heavy atom. The van der Waals surface area contributed by atoms with Gasteiger partial charge < -0.3 is 14.0 Å². The van der Waals surface area contributed by atoms with E-state index in [2.05, 4.69) is 15.3 Å². The number of amides is 1. The molecule has 0 saturated heterocycles. The summed E-state index contributed by atoms with van der Waals surface area (Å²) in [6.07, 6.45) is 4.62. The molecule has 0 bridgehead atoms. The second-order valence-corrected chi connectivity index (χ2v) is 5.60. The number of hydrogen-bond donors (Lipinski definition) is 1. The Kier molecular flexibility index (Phi) is 5.46. The smallest absolute Gasteiger partial charge is 0.263 e. The Labute approximate surface area is 155 Å². The van der Waals surface area contributed by atoms with Crippen molar-refractivity contribution >= 4 is 11.9 Å². The largest absolute Gasteiger partial charge is 0.497 e. The molecular weight excluding hydrogens is 348 g/mol. The summed E-state index contributed by atoms with van der Waals surface area (Å²) < 4.78 is 11.9. The monoisotopic (exact) mass is 366 g/mol. The third-order valence-electron chi connectivity index (χ3n) is 3.82. The zero-order valence-corrected chi connectivity index (χ0v) is 14.9. The Morgan fingerprint density at radius 1 is 1.07 bits per heavy atom. The van der Waals surface area contributed by atoms with E-state index in [0.29, 0.717) is 11.5 Å². The molecule has 8 heteroatoms. The predicted octanol–water partition coefficient (Wildman–Crippen LogP) is 1.96. The van der Waals surface area contributed by atoms with Gasteiger partial charge in [0.1, 0.15) is 17.1 Å². The molecule has 0 aliphatic heterocycles. The van der Waals surface area contributed by atoms with Crippen LogP contribution in [0.1, 0.15) is 15.9 Å². The summed E-state index contributed by atoms with van der Waals surface area (Å²) in [7, 11) is 3.11. The molecule has 0 aliphatic carbocycles. The summed E-state index contributed by atoms with van der Waals surface area (Å²) in [6.45, 7) is 0.259. The van der Waals surface area contributed by atoms with Crippen molar-refractivity contribution in [2.45, 2.75) is 6.54 Å². The van der Waals surface area contributed by atoms with Crippen LogP contribution in [-0.4, -0.2) is 34.7 Å². The van der Waals surface area contributed by atoms with Crippen LogP contribution in [0.5, 0.6) is 11.5 Å². The highest BCUT2D eigenvalue weighted by molar-refractivity contribution is 6.02. The molecule has 0 radical (unpaired) electrons. The topological polar surface area (TPSA) is 95.3 Å². The minimum atomic E-state index is -0.566. The molecule has 0 unspecified atom stereocenters. The zero-order chi connectivity index (χ0) is 19.2. The number of anilines is 1. The lowest BCUT2D eigenvalue weighted by atomic mass is 10.2. The number of nitrogens with zero attached hydrogens (tertiary/aromatic N) is 3. The van der Waals surface area contributed by atoms with Gasteiger partial charge in [-0.3, -0.25) is 14.9 Å². The average Bonchev–Trinajstić information content (AvgIpc) is 2.70. The number of hydrogen-bond acceptors (Lipinski definition) is 6. The summed E-state index contributed by atoms with van der Waals surface area (Å²) in [4.78, 5) is 33.0. The minimum absolute atomic E-state index is 0.000172. The lowest BCUT2D eigenvalue weighted by Crippen LogP contribution is -2.29. The molecule has 3 aromatic rings. The normalized spacial score (nSPS) is 10.3.